The molecule has 3 N–H and O–H groups in total. The molecule has 1 saturated heterocycles. The second-order valence-corrected chi connectivity index (χ2v) is 12.3. The number of carbonyl (C=O) groups excluding carboxylic acids is 1. The number of hydrogen-bond donors (Lipinski definition) is 2. The maximum atomic E-state index is 14.1. The van der Waals surface area contributed by atoms with Crippen LogP contribution in [0.15, 0.2) is 42.9 Å². The van der Waals surface area contributed by atoms with Gasteiger partial charge in [-0.3, -0.25) is 9.32 Å². The maximum absolute atomic E-state index is 14.1. The molecule has 0 amide bonds. The molecule has 2 aromatic heterocycles. The lowest BCUT2D eigenvalue weighted by atomic mass is 10.0. The molecule has 7 atom stereocenters. The van der Waals surface area contributed by atoms with Gasteiger partial charge < -0.3 is 24.3 Å². The van der Waals surface area contributed by atoms with E-state index in [4.69, 9.17) is 35.9 Å². The van der Waals surface area contributed by atoms with Gasteiger partial charge in [0.15, 0.2) is 0 Å². The second kappa shape index (κ2) is 9.81. The monoisotopic (exact) mass is 563 g/mol. The van der Waals surface area contributed by atoms with Crippen LogP contribution in [0.5, 0.6) is 5.75 Å². The van der Waals surface area contributed by atoms with Crippen molar-refractivity contribution in [1.82, 2.24) is 19.6 Å². The average molecular weight is 564 g/mol. The average Bonchev–Trinajstić information content (AvgIpc) is 3.14. The minimum Gasteiger partial charge on any atom is -0.462 e. The van der Waals surface area contributed by atoms with Gasteiger partial charge in [-0.2, -0.15) is 5.09 Å². The molecule has 5 rings (SSSR count). The summed E-state index contributed by atoms with van der Waals surface area (Å²) < 4.78 is 39.7. The molecular formula is C25H31ClN5O6P. The summed E-state index contributed by atoms with van der Waals surface area (Å²) in [4.78, 5) is 20.9. The van der Waals surface area contributed by atoms with Crippen LogP contribution in [0.2, 0.25) is 5.02 Å². The zero-order valence-electron chi connectivity index (χ0n) is 21.7. The van der Waals surface area contributed by atoms with Crippen molar-refractivity contribution in [3.8, 4) is 5.75 Å². The van der Waals surface area contributed by atoms with Crippen LogP contribution in [0, 0.1) is 11.8 Å². The van der Waals surface area contributed by atoms with E-state index < -0.39 is 25.4 Å². The zero-order valence-corrected chi connectivity index (χ0v) is 23.3. The van der Waals surface area contributed by atoms with Gasteiger partial charge in [0, 0.05) is 23.1 Å². The van der Waals surface area contributed by atoms with Crippen LogP contribution in [0.4, 0.5) is 5.82 Å². The zero-order chi connectivity index (χ0) is 27.4. The number of ether oxygens (including phenoxy) is 2. The number of nitrogens with zero attached hydrogens (tertiary/aromatic N) is 3. The Labute approximate surface area is 225 Å². The number of nitrogens with two attached hydrogens (primary N) is 1. The van der Waals surface area contributed by atoms with E-state index in [2.05, 4.69) is 15.1 Å². The van der Waals surface area contributed by atoms with E-state index in [0.717, 1.165) is 5.39 Å². The van der Waals surface area contributed by atoms with Crippen LogP contribution in [0.3, 0.4) is 0 Å². The first kappa shape index (κ1) is 26.9. The largest absolute Gasteiger partial charge is 0.462 e. The topological polar surface area (TPSA) is 140 Å². The molecular weight excluding hydrogens is 533 g/mol. The molecule has 1 aromatic carbocycles. The predicted octanol–water partition coefficient (Wildman–Crippen LogP) is 4.72. The van der Waals surface area contributed by atoms with E-state index in [0.29, 0.717) is 16.5 Å². The smallest absolute Gasteiger partial charge is 0.460 e. The van der Waals surface area contributed by atoms with Gasteiger partial charge in [-0.1, -0.05) is 18.5 Å². The van der Waals surface area contributed by atoms with Gasteiger partial charge in [0.25, 0.3) is 0 Å². The Morgan fingerprint density at radius 2 is 1.95 bits per heavy atom. The van der Waals surface area contributed by atoms with Gasteiger partial charge in [-0.05, 0) is 58.0 Å². The summed E-state index contributed by atoms with van der Waals surface area (Å²) in [5, 5.41) is 3.99. The highest BCUT2D eigenvalue weighted by Gasteiger charge is 2.74. The highest BCUT2D eigenvalue weighted by Crippen LogP contribution is 2.67. The van der Waals surface area contributed by atoms with Crippen molar-refractivity contribution in [2.75, 3.05) is 5.73 Å². The van der Waals surface area contributed by atoms with E-state index >= 15 is 0 Å². The van der Waals surface area contributed by atoms with E-state index in [-0.39, 0.29) is 36.0 Å². The highest BCUT2D eigenvalue weighted by molar-refractivity contribution is 7.52. The Morgan fingerprint density at radius 1 is 1.24 bits per heavy atom. The molecule has 1 aliphatic carbocycles. The summed E-state index contributed by atoms with van der Waals surface area (Å²) in [5.41, 5.74) is 5.74. The van der Waals surface area contributed by atoms with Crippen molar-refractivity contribution < 1.29 is 27.9 Å². The molecule has 0 spiro atoms. The van der Waals surface area contributed by atoms with Gasteiger partial charge in [-0.25, -0.2) is 14.5 Å². The van der Waals surface area contributed by atoms with Crippen molar-refractivity contribution in [3.05, 3.63) is 47.9 Å². The maximum Gasteiger partial charge on any atom is 0.460 e. The molecule has 0 bridgehead atoms. The summed E-state index contributed by atoms with van der Waals surface area (Å²) in [5.74, 6) is -0.0218. The van der Waals surface area contributed by atoms with Crippen LogP contribution in [-0.4, -0.2) is 44.4 Å². The van der Waals surface area contributed by atoms with Crippen LogP contribution >= 0.6 is 19.3 Å². The van der Waals surface area contributed by atoms with Gasteiger partial charge in [-0.15, -0.1) is 0 Å². The summed E-state index contributed by atoms with van der Waals surface area (Å²) in [6.45, 7) is 8.89. The molecule has 7 unspecified atom stereocenters. The van der Waals surface area contributed by atoms with Gasteiger partial charge in [0.1, 0.15) is 41.4 Å². The Morgan fingerprint density at radius 3 is 2.58 bits per heavy atom. The number of fused-ring (bicyclic) bond motifs is 2. The molecule has 2 fully saturated rings. The lowest BCUT2D eigenvalue weighted by molar-refractivity contribution is -0.149. The first-order chi connectivity index (χ1) is 17.9. The quantitative estimate of drug-likeness (QED) is 0.277. The van der Waals surface area contributed by atoms with Crippen LogP contribution in [-0.2, 0) is 23.4 Å². The highest BCUT2D eigenvalue weighted by atomic mass is 35.5. The number of nitrogen functional groups attached to an aromatic ring is 1. The number of hydrogen-bond acceptors (Lipinski definition) is 9. The number of aromatic nitrogens is 3. The van der Waals surface area contributed by atoms with Crippen LogP contribution in [0.25, 0.3) is 11.0 Å². The third-order valence-electron chi connectivity index (χ3n) is 6.97. The van der Waals surface area contributed by atoms with Crippen LogP contribution < -0.4 is 15.3 Å². The standard InChI is InChI=1S/C25H31ClN5O6P/c1-13(2)34-24(32)15(4)30-38(33,36-17-8-6-16(26)7-9-17)37-25(5)19-14(3)23(35-20(19)25)31-11-10-18-21(27)28-12-29-22(18)31/h6-15,19-20,23H,1-5H3,(H,30,33)(H2,27,28,29). The minimum absolute atomic E-state index is 0.0240. The number of carbonyl (C=O) groups is 1. The third kappa shape index (κ3) is 4.89. The number of benzene rings is 1. The molecule has 13 heteroatoms. The number of esters is 1. The number of nitrogens with one attached hydrogen (secondary N) is 1. The fourth-order valence-corrected chi connectivity index (χ4v) is 7.16. The predicted molar refractivity (Wildman–Crippen MR) is 142 cm³/mol. The fraction of sp³-hybridized carbons (Fsp3) is 0.480. The first-order valence-corrected chi connectivity index (χ1v) is 14.3. The van der Waals surface area contributed by atoms with Crippen molar-refractivity contribution >= 4 is 42.2 Å². The molecule has 0 radical (unpaired) electrons. The molecule has 204 valence electrons. The fourth-order valence-electron chi connectivity index (χ4n) is 5.17. The molecule has 11 nitrogen and oxygen atoms in total. The van der Waals surface area contributed by atoms with Crippen molar-refractivity contribution in [2.45, 2.75) is 64.7 Å². The van der Waals surface area contributed by atoms with Gasteiger partial charge >= 0.3 is 13.7 Å². The molecule has 2 aliphatic rings. The van der Waals surface area contributed by atoms with E-state index in [9.17, 15) is 9.36 Å². The SMILES string of the molecule is CC(C)OC(=O)C(C)NP(=O)(Oc1ccc(Cl)cc1)OC1(C)C2OC(n3ccc4c(N)ncnc43)C(C)C21. The van der Waals surface area contributed by atoms with Crippen molar-refractivity contribution in [3.63, 3.8) is 0 Å². The lowest BCUT2D eigenvalue weighted by Crippen LogP contribution is -2.38. The summed E-state index contributed by atoms with van der Waals surface area (Å²) >= 11 is 5.99. The minimum atomic E-state index is -4.09. The summed E-state index contributed by atoms with van der Waals surface area (Å²) in [7, 11) is -4.09. The molecule has 3 heterocycles. The molecule has 3 aromatic rings. The van der Waals surface area contributed by atoms with Gasteiger partial charge in [0.2, 0.25) is 0 Å². The number of halogens is 1. The lowest BCUT2D eigenvalue weighted by Gasteiger charge is -2.30. The molecule has 38 heavy (non-hydrogen) atoms. The van der Waals surface area contributed by atoms with E-state index in [1.165, 1.54) is 6.33 Å². The van der Waals surface area contributed by atoms with E-state index in [1.54, 1.807) is 45.0 Å². The first-order valence-electron chi connectivity index (χ1n) is 12.4. The third-order valence-corrected chi connectivity index (χ3v) is 9.01. The summed E-state index contributed by atoms with van der Waals surface area (Å²) in [6.07, 6.45) is 2.28. The Hall–Kier alpha value is -2.69. The van der Waals surface area contributed by atoms with Crippen molar-refractivity contribution in [1.29, 1.82) is 0 Å². The Kier molecular flexibility index (Phi) is 6.94. The molecule has 1 aliphatic heterocycles. The van der Waals surface area contributed by atoms with Crippen LogP contribution in [0.1, 0.15) is 40.8 Å². The summed E-state index contributed by atoms with van der Waals surface area (Å²) in [6, 6.07) is 7.27. The van der Waals surface area contributed by atoms with E-state index in [1.807, 2.05) is 30.7 Å². The van der Waals surface area contributed by atoms with Gasteiger partial charge in [0.05, 0.1) is 17.6 Å². The normalized spacial score (nSPS) is 28.6. The van der Waals surface area contributed by atoms with Crippen molar-refractivity contribution in [2.24, 2.45) is 11.8 Å². The number of anilines is 1. The Bertz CT molecular complexity index is 1400. The Balaban J connectivity index is 1.36. The second-order valence-electron chi connectivity index (χ2n) is 10.2. The number of rotatable bonds is 9. The molecule has 1 saturated carbocycles.